The van der Waals surface area contributed by atoms with Gasteiger partial charge in [-0.3, -0.25) is 14.6 Å². The smallest absolute Gasteiger partial charge is 0.310 e. The van der Waals surface area contributed by atoms with Crippen LogP contribution >= 0.6 is 12.8 Å². The predicted molar refractivity (Wildman–Crippen MR) is 75.0 cm³/mol. The molecular formula is C12H20N2O3S. The van der Waals surface area contributed by atoms with Crippen molar-refractivity contribution in [2.45, 2.75) is 39.8 Å². The van der Waals surface area contributed by atoms with Crippen LogP contribution in [0.25, 0.3) is 0 Å². The second-order valence-electron chi connectivity index (χ2n) is 3.87. The quantitative estimate of drug-likeness (QED) is 0.402. The summed E-state index contributed by atoms with van der Waals surface area (Å²) in [4.78, 5) is 25.8. The van der Waals surface area contributed by atoms with E-state index in [4.69, 9.17) is 5.11 Å². The van der Waals surface area contributed by atoms with E-state index in [1.165, 1.54) is 0 Å². The lowest BCUT2D eigenvalue weighted by atomic mass is 10.2. The minimum atomic E-state index is -1.10. The third-order valence-electron chi connectivity index (χ3n) is 2.20. The van der Waals surface area contributed by atoms with Crippen LogP contribution in [-0.4, -0.2) is 39.6 Å². The first kappa shape index (κ1) is 16.9. The van der Waals surface area contributed by atoms with Crippen LogP contribution in [0.2, 0.25) is 0 Å². The molecule has 1 unspecified atom stereocenters. The molecule has 18 heavy (non-hydrogen) atoms. The highest BCUT2D eigenvalue weighted by molar-refractivity contribution is 7.77. The molecule has 102 valence electrons. The Kier molecular flexibility index (Phi) is 8.32. The van der Waals surface area contributed by atoms with Crippen molar-refractivity contribution in [3.05, 3.63) is 12.2 Å². The number of carboxylic acid groups (broad SMARTS) is 1. The van der Waals surface area contributed by atoms with Crippen molar-refractivity contribution in [3.63, 3.8) is 0 Å². The Hall–Kier alpha value is -1.14. The fourth-order valence-corrected chi connectivity index (χ4v) is 1.32. The number of aliphatic carboxylic acids is 1. The highest BCUT2D eigenvalue weighted by atomic mass is 32.1. The Morgan fingerprint density at radius 3 is 2.61 bits per heavy atom. The summed E-state index contributed by atoms with van der Waals surface area (Å²) in [5.41, 5.74) is 0.776. The number of aliphatic imine (C=N–C) groups is 1. The molecule has 0 aromatic carbocycles. The maximum absolute atomic E-state index is 11.1. The van der Waals surface area contributed by atoms with Gasteiger partial charge in [0, 0.05) is 18.7 Å². The third kappa shape index (κ3) is 8.03. The molecule has 0 rings (SSSR count). The lowest BCUT2D eigenvalue weighted by molar-refractivity contribution is -0.140. The summed E-state index contributed by atoms with van der Waals surface area (Å²) >= 11 is 4.24. The van der Waals surface area contributed by atoms with Gasteiger partial charge in [0.25, 0.3) is 0 Å². The molecule has 0 bridgehead atoms. The summed E-state index contributed by atoms with van der Waals surface area (Å²) in [7, 11) is 0. The van der Waals surface area contributed by atoms with Crippen molar-refractivity contribution in [1.82, 2.24) is 4.31 Å². The van der Waals surface area contributed by atoms with Gasteiger partial charge in [-0.25, -0.2) is 4.31 Å². The summed E-state index contributed by atoms with van der Waals surface area (Å²) in [5, 5.41) is 8.42. The number of carbonyl (C=O) groups excluding carboxylic acids is 1. The lowest BCUT2D eigenvalue weighted by Crippen LogP contribution is -2.22. The molecule has 0 saturated heterocycles. The van der Waals surface area contributed by atoms with Gasteiger partial charge >= 0.3 is 5.97 Å². The van der Waals surface area contributed by atoms with E-state index in [0.29, 0.717) is 0 Å². The number of carbonyl (C=O) groups is 2. The van der Waals surface area contributed by atoms with Crippen LogP contribution in [0.5, 0.6) is 0 Å². The molecule has 1 N–H and O–H groups in total. The van der Waals surface area contributed by atoms with Gasteiger partial charge in [0.2, 0.25) is 0 Å². The van der Waals surface area contributed by atoms with Gasteiger partial charge in [-0.05, 0) is 19.9 Å². The van der Waals surface area contributed by atoms with Crippen molar-refractivity contribution >= 4 is 30.3 Å². The molecule has 0 aliphatic carbocycles. The summed E-state index contributed by atoms with van der Waals surface area (Å²) in [6, 6.07) is 0. The average molecular weight is 272 g/mol. The van der Waals surface area contributed by atoms with Gasteiger partial charge in [-0.15, -0.1) is 0 Å². The normalized spacial score (nSPS) is 14.2. The number of thiol groups is 1. The second-order valence-corrected chi connectivity index (χ2v) is 4.39. The molecule has 0 saturated carbocycles. The largest absolute Gasteiger partial charge is 0.481 e. The summed E-state index contributed by atoms with van der Waals surface area (Å²) in [6.07, 6.45) is 2.99. The zero-order valence-corrected chi connectivity index (χ0v) is 11.9. The number of allylic oxidation sites excluding steroid dienone is 2. The van der Waals surface area contributed by atoms with Gasteiger partial charge in [0.05, 0.1) is 0 Å². The summed E-state index contributed by atoms with van der Waals surface area (Å²) in [6.45, 7) is 6.51. The molecule has 0 heterocycles. The fourth-order valence-electron chi connectivity index (χ4n) is 1.27. The fraction of sp³-hybridized carbons (Fsp3) is 0.583. The monoisotopic (exact) mass is 272 g/mol. The molecule has 0 radical (unpaired) electrons. The van der Waals surface area contributed by atoms with Gasteiger partial charge in [-0.1, -0.05) is 25.8 Å². The maximum atomic E-state index is 11.1. The Morgan fingerprint density at radius 1 is 1.50 bits per heavy atom. The van der Waals surface area contributed by atoms with Crippen LogP contribution in [0.4, 0.5) is 0 Å². The topological polar surface area (TPSA) is 70.0 Å². The van der Waals surface area contributed by atoms with Crippen LogP contribution in [0.1, 0.15) is 33.6 Å². The van der Waals surface area contributed by atoms with E-state index < -0.39 is 12.4 Å². The van der Waals surface area contributed by atoms with Crippen LogP contribution in [-0.2, 0) is 9.59 Å². The lowest BCUT2D eigenvalue weighted by Gasteiger charge is -2.17. The van der Waals surface area contributed by atoms with E-state index in [1.54, 1.807) is 16.5 Å². The van der Waals surface area contributed by atoms with Gasteiger partial charge in [0.1, 0.15) is 18.4 Å². The Morgan fingerprint density at radius 2 is 2.11 bits per heavy atom. The SMILES string of the molecule is CCN(S)C(C)/N=C(C)\C=C/CC(=O)CC(=O)O. The highest BCUT2D eigenvalue weighted by Crippen LogP contribution is 2.04. The predicted octanol–water partition coefficient (Wildman–Crippen LogP) is 1.95. The molecule has 0 fully saturated rings. The highest BCUT2D eigenvalue weighted by Gasteiger charge is 2.06. The van der Waals surface area contributed by atoms with Gasteiger partial charge < -0.3 is 5.11 Å². The molecule has 0 aromatic rings. The van der Waals surface area contributed by atoms with Crippen molar-refractivity contribution in [2.24, 2.45) is 4.99 Å². The minimum Gasteiger partial charge on any atom is -0.481 e. The zero-order valence-electron chi connectivity index (χ0n) is 11.0. The first-order valence-corrected chi connectivity index (χ1v) is 6.16. The zero-order chi connectivity index (χ0) is 14.1. The van der Waals surface area contributed by atoms with E-state index >= 15 is 0 Å². The number of hydrogen-bond donors (Lipinski definition) is 2. The van der Waals surface area contributed by atoms with E-state index in [-0.39, 0.29) is 18.4 Å². The van der Waals surface area contributed by atoms with E-state index in [2.05, 4.69) is 17.8 Å². The average Bonchev–Trinajstić information content (AvgIpc) is 2.26. The Balaban J connectivity index is 4.22. The first-order chi connectivity index (χ1) is 8.36. The standard InChI is InChI=1S/C12H20N2O3S/c1-4-14(18)10(3)13-9(2)6-5-7-11(15)8-12(16)17/h5-6,10,18H,4,7-8H2,1-3H3,(H,16,17)/b6-5-,13-9-. The summed E-state index contributed by atoms with van der Waals surface area (Å²) < 4.78 is 1.78. The van der Waals surface area contributed by atoms with Crippen molar-refractivity contribution < 1.29 is 14.7 Å². The van der Waals surface area contributed by atoms with Crippen LogP contribution < -0.4 is 0 Å². The number of rotatable bonds is 8. The Bertz CT molecular complexity index is 353. The number of nitrogens with zero attached hydrogens (tertiary/aromatic N) is 2. The van der Waals surface area contributed by atoms with Crippen LogP contribution in [0, 0.1) is 0 Å². The molecule has 6 heteroatoms. The number of Topliss-reactive ketones (excluding diaryl/α,β-unsaturated/α-hetero) is 1. The third-order valence-corrected chi connectivity index (χ3v) is 2.82. The molecule has 5 nitrogen and oxygen atoms in total. The summed E-state index contributed by atoms with van der Waals surface area (Å²) in [5.74, 6) is -1.41. The van der Waals surface area contributed by atoms with Crippen molar-refractivity contribution in [1.29, 1.82) is 0 Å². The maximum Gasteiger partial charge on any atom is 0.310 e. The van der Waals surface area contributed by atoms with Gasteiger partial charge in [-0.2, -0.15) is 0 Å². The number of hydrogen-bond acceptors (Lipinski definition) is 5. The molecule has 1 atom stereocenters. The van der Waals surface area contributed by atoms with E-state index in [1.807, 2.05) is 20.8 Å². The van der Waals surface area contributed by atoms with Crippen molar-refractivity contribution in [2.75, 3.05) is 6.54 Å². The first-order valence-electron chi connectivity index (χ1n) is 5.76. The Labute approximate surface area is 113 Å². The molecular weight excluding hydrogens is 252 g/mol. The molecule has 0 aliphatic rings. The van der Waals surface area contributed by atoms with Gasteiger partial charge in [0.15, 0.2) is 0 Å². The number of carboxylic acids is 1. The van der Waals surface area contributed by atoms with Crippen LogP contribution in [0.15, 0.2) is 17.1 Å². The molecule has 0 aromatic heterocycles. The van der Waals surface area contributed by atoms with Crippen LogP contribution in [0.3, 0.4) is 0 Å². The molecule has 0 amide bonds. The molecule has 0 aliphatic heterocycles. The van der Waals surface area contributed by atoms with Crippen molar-refractivity contribution in [3.8, 4) is 0 Å². The number of ketones is 1. The second kappa shape index (κ2) is 8.88. The minimum absolute atomic E-state index is 0.0438. The molecule has 0 spiro atoms. The van der Waals surface area contributed by atoms with E-state index in [0.717, 1.165) is 12.3 Å². The van der Waals surface area contributed by atoms with E-state index in [9.17, 15) is 9.59 Å².